The van der Waals surface area contributed by atoms with E-state index < -0.39 is 0 Å². The predicted molar refractivity (Wildman–Crippen MR) is 193 cm³/mol. The van der Waals surface area contributed by atoms with E-state index in [1.807, 2.05) is 36.7 Å². The number of nitrogens with one attached hydrogen (secondary N) is 1. The number of hydrogen-bond acceptors (Lipinski definition) is 4. The average Bonchev–Trinajstić information content (AvgIpc) is 3.68. The topological polar surface area (TPSA) is 55.3 Å². The summed E-state index contributed by atoms with van der Waals surface area (Å²) in [5, 5.41) is 2.28. The van der Waals surface area contributed by atoms with Crippen LogP contribution in [0, 0.1) is 5.41 Å². The van der Waals surface area contributed by atoms with Crippen LogP contribution in [0.5, 0.6) is 11.5 Å². The third kappa shape index (κ3) is 7.03. The Hall–Kier alpha value is -5.07. The molecule has 3 aromatic heterocycles. The van der Waals surface area contributed by atoms with Crippen molar-refractivity contribution < 1.29 is 9.47 Å². The molecule has 0 aliphatic heterocycles. The van der Waals surface area contributed by atoms with E-state index in [9.17, 15) is 0 Å². The van der Waals surface area contributed by atoms with Crippen LogP contribution in [0.3, 0.4) is 0 Å². The first-order valence-electron chi connectivity index (χ1n) is 16.4. The highest BCUT2D eigenvalue weighted by Gasteiger charge is 2.22. The molecule has 0 spiro atoms. The molecule has 1 aliphatic rings. The van der Waals surface area contributed by atoms with E-state index in [4.69, 9.17) is 14.5 Å². The highest BCUT2D eigenvalue weighted by Crippen LogP contribution is 2.35. The van der Waals surface area contributed by atoms with Gasteiger partial charge < -0.3 is 23.9 Å². The van der Waals surface area contributed by atoms with E-state index in [1.165, 1.54) is 10.9 Å². The summed E-state index contributed by atoms with van der Waals surface area (Å²) in [6.45, 7) is 5.36. The largest absolute Gasteiger partial charge is 0.493 e. The van der Waals surface area contributed by atoms with Gasteiger partial charge in [-0.25, -0.2) is 0 Å². The minimum absolute atomic E-state index is 0.0124. The number of pyridine rings is 1. The van der Waals surface area contributed by atoms with E-state index >= 15 is 0 Å². The molecule has 0 saturated carbocycles. The summed E-state index contributed by atoms with van der Waals surface area (Å²) in [5.41, 5.74) is 7.75. The SMILES string of the molecule is CN(C)CCCn1c(-c2cncc(-c3cc4cc(OCc5ccccc5)ccc4[nH]3)c2)cc2cc(OCC3(C)C=CC=CC3)ccc21. The number of benzene rings is 3. The molecule has 0 bridgehead atoms. The van der Waals surface area contributed by atoms with Gasteiger partial charge in [0.2, 0.25) is 0 Å². The average molecular weight is 623 g/mol. The molecule has 7 rings (SSSR count). The number of aromatic nitrogens is 3. The monoisotopic (exact) mass is 622 g/mol. The molecule has 6 nitrogen and oxygen atoms in total. The van der Waals surface area contributed by atoms with Crippen molar-refractivity contribution in [3.63, 3.8) is 0 Å². The van der Waals surface area contributed by atoms with Gasteiger partial charge in [-0.05, 0) is 93.6 Å². The number of H-pyrrole nitrogens is 1. The zero-order valence-corrected chi connectivity index (χ0v) is 27.4. The van der Waals surface area contributed by atoms with Crippen LogP contribution in [0.25, 0.3) is 44.3 Å². The van der Waals surface area contributed by atoms with Crippen LogP contribution in [0.2, 0.25) is 0 Å². The van der Waals surface area contributed by atoms with E-state index in [-0.39, 0.29) is 5.41 Å². The molecule has 0 fully saturated rings. The molecule has 1 aliphatic carbocycles. The van der Waals surface area contributed by atoms with Crippen molar-refractivity contribution in [3.8, 4) is 34.0 Å². The fraction of sp³-hybridized carbons (Fsp3) is 0.244. The predicted octanol–water partition coefficient (Wildman–Crippen LogP) is 9.28. The molecule has 3 aromatic carbocycles. The maximum Gasteiger partial charge on any atom is 0.120 e. The van der Waals surface area contributed by atoms with E-state index in [0.717, 1.165) is 76.4 Å². The van der Waals surface area contributed by atoms with Crippen molar-refractivity contribution in [3.05, 3.63) is 127 Å². The number of allylic oxidation sites excluding steroid dienone is 3. The second-order valence-electron chi connectivity index (χ2n) is 13.2. The molecule has 1 atom stereocenters. The lowest BCUT2D eigenvalue weighted by Crippen LogP contribution is -2.23. The molecule has 238 valence electrons. The molecular weight excluding hydrogens is 580 g/mol. The molecule has 0 saturated heterocycles. The molecule has 47 heavy (non-hydrogen) atoms. The van der Waals surface area contributed by atoms with Crippen LogP contribution >= 0.6 is 0 Å². The second-order valence-corrected chi connectivity index (χ2v) is 13.2. The fourth-order valence-corrected chi connectivity index (χ4v) is 6.32. The molecule has 1 unspecified atom stereocenters. The Morgan fingerprint density at radius 2 is 1.66 bits per heavy atom. The summed E-state index contributed by atoms with van der Waals surface area (Å²) in [4.78, 5) is 10.5. The van der Waals surface area contributed by atoms with Crippen molar-refractivity contribution in [2.45, 2.75) is 32.9 Å². The molecule has 6 heteroatoms. The van der Waals surface area contributed by atoms with Crippen molar-refractivity contribution in [1.82, 2.24) is 19.4 Å². The Morgan fingerprint density at radius 1 is 0.851 bits per heavy atom. The van der Waals surface area contributed by atoms with Crippen LogP contribution in [-0.4, -0.2) is 46.7 Å². The van der Waals surface area contributed by atoms with Crippen molar-refractivity contribution >= 4 is 21.8 Å². The summed E-state index contributed by atoms with van der Waals surface area (Å²) in [6, 6.07) is 29.6. The van der Waals surface area contributed by atoms with Crippen molar-refractivity contribution in [1.29, 1.82) is 0 Å². The lowest BCUT2D eigenvalue weighted by molar-refractivity contribution is 0.207. The molecule has 3 heterocycles. The minimum Gasteiger partial charge on any atom is -0.493 e. The number of ether oxygens (including phenoxy) is 2. The van der Waals surface area contributed by atoms with Crippen molar-refractivity contribution in [2.75, 3.05) is 27.2 Å². The number of rotatable bonds is 12. The van der Waals surface area contributed by atoms with Gasteiger partial charge in [-0.15, -0.1) is 0 Å². The van der Waals surface area contributed by atoms with E-state index in [0.29, 0.717) is 13.2 Å². The van der Waals surface area contributed by atoms with Crippen LogP contribution < -0.4 is 9.47 Å². The van der Waals surface area contributed by atoms with Gasteiger partial charge in [-0.1, -0.05) is 61.6 Å². The van der Waals surface area contributed by atoms with Gasteiger partial charge in [0.15, 0.2) is 0 Å². The van der Waals surface area contributed by atoms with Gasteiger partial charge in [-0.3, -0.25) is 4.98 Å². The number of fused-ring (bicyclic) bond motifs is 2. The van der Waals surface area contributed by atoms with Crippen molar-refractivity contribution in [2.24, 2.45) is 5.41 Å². The third-order valence-electron chi connectivity index (χ3n) is 8.94. The molecule has 1 N–H and O–H groups in total. The molecule has 6 aromatic rings. The number of aryl methyl sites for hydroxylation is 1. The quantitative estimate of drug-likeness (QED) is 0.148. The summed E-state index contributed by atoms with van der Waals surface area (Å²) in [7, 11) is 4.25. The Morgan fingerprint density at radius 3 is 2.49 bits per heavy atom. The van der Waals surface area contributed by atoms with Gasteiger partial charge in [0.05, 0.1) is 12.3 Å². The smallest absolute Gasteiger partial charge is 0.120 e. The van der Waals surface area contributed by atoms with Gasteiger partial charge in [0.1, 0.15) is 18.1 Å². The Balaban J connectivity index is 1.16. The standard InChI is InChI=1S/C41H42N4O2/c1-41(17-8-5-9-18-41)29-47-36-14-16-39-32(23-36)25-40(45(39)20-10-19-44(2)3)34-21-33(26-42-27-34)38-24-31-22-35(13-15-37(31)43-38)46-28-30-11-6-4-7-12-30/h4-9,11-17,21-27,43H,10,18-20,28-29H2,1-3H3. The third-order valence-corrected chi connectivity index (χ3v) is 8.94. The van der Waals surface area contributed by atoms with Gasteiger partial charge >= 0.3 is 0 Å². The van der Waals surface area contributed by atoms with Gasteiger partial charge in [0, 0.05) is 63.0 Å². The van der Waals surface area contributed by atoms with E-state index in [2.05, 4.69) is 120 Å². The maximum atomic E-state index is 6.35. The van der Waals surface area contributed by atoms with Gasteiger partial charge in [-0.2, -0.15) is 0 Å². The molecule has 0 amide bonds. The zero-order chi connectivity index (χ0) is 32.2. The normalized spacial score (nSPS) is 16.0. The highest BCUT2D eigenvalue weighted by molar-refractivity contribution is 5.90. The fourth-order valence-electron chi connectivity index (χ4n) is 6.32. The first-order chi connectivity index (χ1) is 22.9. The molecular formula is C41H42N4O2. The zero-order valence-electron chi connectivity index (χ0n) is 27.4. The Kier molecular flexibility index (Phi) is 8.68. The van der Waals surface area contributed by atoms with E-state index in [1.54, 1.807) is 0 Å². The lowest BCUT2D eigenvalue weighted by atomic mass is 9.85. The van der Waals surface area contributed by atoms with Crippen LogP contribution in [0.1, 0.15) is 25.3 Å². The summed E-state index contributed by atoms with van der Waals surface area (Å²) in [6.07, 6.45) is 14.6. The number of nitrogens with zero attached hydrogens (tertiary/aromatic N) is 3. The minimum atomic E-state index is 0.0124. The number of hydrogen-bond donors (Lipinski definition) is 1. The first kappa shape index (κ1) is 30.6. The Bertz CT molecular complexity index is 2050. The summed E-state index contributed by atoms with van der Waals surface area (Å²) < 4.78 is 14.9. The van der Waals surface area contributed by atoms with Gasteiger partial charge in [0.25, 0.3) is 0 Å². The summed E-state index contributed by atoms with van der Waals surface area (Å²) in [5.74, 6) is 1.75. The van der Waals surface area contributed by atoms with Crippen LogP contribution in [-0.2, 0) is 13.2 Å². The van der Waals surface area contributed by atoms with Crippen LogP contribution in [0.4, 0.5) is 0 Å². The first-order valence-corrected chi connectivity index (χ1v) is 16.4. The maximum absolute atomic E-state index is 6.35. The lowest BCUT2D eigenvalue weighted by Gasteiger charge is -2.26. The summed E-state index contributed by atoms with van der Waals surface area (Å²) >= 11 is 0. The highest BCUT2D eigenvalue weighted by atomic mass is 16.5. The Labute approximate surface area is 277 Å². The second kappa shape index (κ2) is 13.3. The molecule has 0 radical (unpaired) electrons. The van der Waals surface area contributed by atoms with Crippen LogP contribution in [0.15, 0.2) is 122 Å². The number of aromatic amines is 1.